The molecule has 0 bridgehead atoms. The van der Waals surface area contributed by atoms with Gasteiger partial charge in [-0.25, -0.2) is 13.2 Å². The molecule has 0 aliphatic rings. The van der Waals surface area contributed by atoms with E-state index in [0.29, 0.717) is 0 Å². The van der Waals surface area contributed by atoms with E-state index in [9.17, 15) is 13.2 Å². The Bertz CT molecular complexity index is 387. The van der Waals surface area contributed by atoms with Crippen LogP contribution in [0.1, 0.15) is 17.7 Å². The molecule has 1 heterocycles. The van der Waals surface area contributed by atoms with Gasteiger partial charge in [0.05, 0.1) is 17.5 Å². The summed E-state index contributed by atoms with van der Waals surface area (Å²) in [5, 5.41) is 8.20. The highest BCUT2D eigenvalue weighted by atomic mass is 35.5. The number of aromatic nitrogens is 1. The van der Waals surface area contributed by atoms with Crippen LogP contribution in [0, 0.1) is 17.1 Å². The Morgan fingerprint density at radius 2 is 2.21 bits per heavy atom. The monoisotopic (exact) mass is 220 g/mol. The van der Waals surface area contributed by atoms with Crippen LogP contribution in [0.15, 0.2) is 6.20 Å². The minimum absolute atomic E-state index is 0.117. The Morgan fingerprint density at radius 3 is 2.71 bits per heavy atom. The summed E-state index contributed by atoms with van der Waals surface area (Å²) in [6.45, 7) is 0. The van der Waals surface area contributed by atoms with Gasteiger partial charge < -0.3 is 0 Å². The molecule has 1 aromatic heterocycles. The average Bonchev–Trinajstić information content (AvgIpc) is 2.11. The largest absolute Gasteiger partial charge is 0.283 e. The number of nitriles is 1. The maximum Gasteiger partial charge on any atom is 0.283 e. The van der Waals surface area contributed by atoms with Crippen molar-refractivity contribution in [1.82, 2.24) is 4.98 Å². The molecule has 0 N–H and O–H groups in total. The Balaban J connectivity index is 3.27. The molecule has 74 valence electrons. The molecule has 0 amide bonds. The molecule has 1 rings (SSSR count). The van der Waals surface area contributed by atoms with Gasteiger partial charge in [0.2, 0.25) is 0 Å². The molecule has 0 saturated heterocycles. The van der Waals surface area contributed by atoms with Crippen molar-refractivity contribution < 1.29 is 13.2 Å². The Morgan fingerprint density at radius 1 is 1.57 bits per heavy atom. The third kappa shape index (κ3) is 1.96. The van der Waals surface area contributed by atoms with Crippen LogP contribution in [0.2, 0.25) is 5.02 Å². The molecule has 0 saturated carbocycles. The second-order valence-corrected chi connectivity index (χ2v) is 2.83. The van der Waals surface area contributed by atoms with E-state index in [-0.39, 0.29) is 17.0 Å². The van der Waals surface area contributed by atoms with E-state index in [2.05, 4.69) is 4.98 Å². The van der Waals surface area contributed by atoms with Crippen LogP contribution < -0.4 is 0 Å². The van der Waals surface area contributed by atoms with Crippen molar-refractivity contribution >= 4 is 11.6 Å². The number of rotatable bonds is 2. The van der Waals surface area contributed by atoms with Crippen LogP contribution in [-0.2, 0) is 6.42 Å². The van der Waals surface area contributed by atoms with Crippen LogP contribution in [0.4, 0.5) is 13.2 Å². The van der Waals surface area contributed by atoms with Gasteiger partial charge >= 0.3 is 0 Å². The van der Waals surface area contributed by atoms with E-state index in [1.165, 1.54) is 0 Å². The molecule has 0 spiro atoms. The summed E-state index contributed by atoms with van der Waals surface area (Å²) >= 11 is 5.49. The third-order valence-corrected chi connectivity index (χ3v) is 1.88. The summed E-state index contributed by atoms with van der Waals surface area (Å²) in [7, 11) is 0. The lowest BCUT2D eigenvalue weighted by Crippen LogP contribution is -2.01. The van der Waals surface area contributed by atoms with Gasteiger partial charge in [-0.1, -0.05) is 11.6 Å². The minimum atomic E-state index is -3.01. The van der Waals surface area contributed by atoms with Crippen molar-refractivity contribution in [1.29, 1.82) is 5.26 Å². The SMILES string of the molecule is N#CCc1c(Cl)cnc(C(F)F)c1F. The highest BCUT2D eigenvalue weighted by Gasteiger charge is 2.20. The van der Waals surface area contributed by atoms with Crippen LogP contribution in [0.3, 0.4) is 0 Å². The smallest absolute Gasteiger partial charge is 0.251 e. The first-order chi connectivity index (χ1) is 6.57. The zero-order valence-corrected chi connectivity index (χ0v) is 7.52. The fraction of sp³-hybridized carbons (Fsp3) is 0.250. The first kappa shape index (κ1) is 10.8. The average molecular weight is 221 g/mol. The number of hydrogen-bond donors (Lipinski definition) is 0. The summed E-state index contributed by atoms with van der Waals surface area (Å²) in [4.78, 5) is 3.15. The molecule has 0 radical (unpaired) electrons. The number of nitrogens with zero attached hydrogens (tertiary/aromatic N) is 2. The maximum absolute atomic E-state index is 13.2. The van der Waals surface area contributed by atoms with Crippen molar-refractivity contribution in [3.63, 3.8) is 0 Å². The van der Waals surface area contributed by atoms with Crippen molar-refractivity contribution in [3.8, 4) is 6.07 Å². The fourth-order valence-electron chi connectivity index (χ4n) is 0.913. The van der Waals surface area contributed by atoms with Gasteiger partial charge in [0.1, 0.15) is 5.69 Å². The van der Waals surface area contributed by atoms with E-state index in [4.69, 9.17) is 16.9 Å². The van der Waals surface area contributed by atoms with Gasteiger partial charge in [-0.15, -0.1) is 0 Å². The zero-order chi connectivity index (χ0) is 10.7. The number of halogens is 4. The zero-order valence-electron chi connectivity index (χ0n) is 6.77. The molecular formula is C8H4ClF3N2. The normalized spacial score (nSPS) is 10.3. The lowest BCUT2D eigenvalue weighted by atomic mass is 10.1. The highest BCUT2D eigenvalue weighted by Crippen LogP contribution is 2.26. The second-order valence-electron chi connectivity index (χ2n) is 2.42. The summed E-state index contributed by atoms with van der Waals surface area (Å²) < 4.78 is 37.5. The van der Waals surface area contributed by atoms with Crippen LogP contribution >= 0.6 is 11.6 Å². The van der Waals surface area contributed by atoms with Crippen molar-refractivity contribution in [3.05, 3.63) is 28.3 Å². The molecule has 0 aliphatic carbocycles. The number of alkyl halides is 2. The van der Waals surface area contributed by atoms with Crippen LogP contribution in [0.25, 0.3) is 0 Å². The predicted molar refractivity (Wildman–Crippen MR) is 43.5 cm³/mol. The molecule has 2 nitrogen and oxygen atoms in total. The summed E-state index contributed by atoms with van der Waals surface area (Å²) in [5.74, 6) is -1.20. The topological polar surface area (TPSA) is 36.7 Å². The maximum atomic E-state index is 13.2. The molecule has 0 aliphatic heterocycles. The van der Waals surface area contributed by atoms with Gasteiger partial charge in [-0.2, -0.15) is 5.26 Å². The van der Waals surface area contributed by atoms with Gasteiger partial charge in [0.25, 0.3) is 6.43 Å². The summed E-state index contributed by atoms with van der Waals surface area (Å²) in [6, 6.07) is 1.63. The molecule has 0 aromatic carbocycles. The lowest BCUT2D eigenvalue weighted by Gasteiger charge is -2.05. The van der Waals surface area contributed by atoms with E-state index in [1.807, 2.05) is 0 Å². The lowest BCUT2D eigenvalue weighted by molar-refractivity contribution is 0.140. The summed E-state index contributed by atoms with van der Waals surface area (Å²) in [5.41, 5.74) is -1.21. The Hall–Kier alpha value is -1.28. The van der Waals surface area contributed by atoms with Gasteiger partial charge in [0.15, 0.2) is 5.82 Å². The quantitative estimate of drug-likeness (QED) is 0.768. The van der Waals surface area contributed by atoms with E-state index in [1.54, 1.807) is 6.07 Å². The second kappa shape index (κ2) is 4.29. The van der Waals surface area contributed by atoms with Crippen LogP contribution in [0.5, 0.6) is 0 Å². The molecule has 1 aromatic rings. The van der Waals surface area contributed by atoms with Crippen LogP contribution in [-0.4, -0.2) is 4.98 Å². The Kier molecular flexibility index (Phi) is 3.31. The van der Waals surface area contributed by atoms with E-state index < -0.39 is 17.9 Å². The molecule has 6 heteroatoms. The first-order valence-corrected chi connectivity index (χ1v) is 3.93. The molecule has 14 heavy (non-hydrogen) atoms. The van der Waals surface area contributed by atoms with E-state index in [0.717, 1.165) is 6.20 Å². The molecule has 0 atom stereocenters. The van der Waals surface area contributed by atoms with Crippen molar-refractivity contribution in [2.24, 2.45) is 0 Å². The summed E-state index contributed by atoms with van der Waals surface area (Å²) in [6.07, 6.45) is -2.45. The van der Waals surface area contributed by atoms with Crippen molar-refractivity contribution in [2.45, 2.75) is 12.8 Å². The van der Waals surface area contributed by atoms with Gasteiger partial charge in [-0.05, 0) is 0 Å². The first-order valence-electron chi connectivity index (χ1n) is 3.55. The third-order valence-electron chi connectivity index (χ3n) is 1.56. The van der Waals surface area contributed by atoms with Crippen molar-refractivity contribution in [2.75, 3.05) is 0 Å². The molecular weight excluding hydrogens is 217 g/mol. The molecule has 0 fully saturated rings. The predicted octanol–water partition coefficient (Wildman–Crippen LogP) is 2.88. The van der Waals surface area contributed by atoms with Gasteiger partial charge in [-0.3, -0.25) is 4.98 Å². The molecule has 0 unspecified atom stereocenters. The standard InChI is InChI=1S/C8H4ClF3N2/c9-5-3-14-7(8(11)12)6(10)4(5)1-2-13/h3,8H,1H2. The minimum Gasteiger partial charge on any atom is -0.251 e. The van der Waals surface area contributed by atoms with E-state index >= 15 is 0 Å². The number of pyridine rings is 1. The highest BCUT2D eigenvalue weighted by molar-refractivity contribution is 6.31. The number of hydrogen-bond acceptors (Lipinski definition) is 2. The fourth-order valence-corrected chi connectivity index (χ4v) is 1.11. The Labute approximate surface area is 82.9 Å². The van der Waals surface area contributed by atoms with Gasteiger partial charge in [0, 0.05) is 11.8 Å².